The van der Waals surface area contributed by atoms with Gasteiger partial charge in [0.25, 0.3) is 0 Å². The molecule has 1 nitrogen and oxygen atoms in total. The Labute approximate surface area is 75.6 Å². The largest absolute Gasteiger partial charge is 0.412 e. The van der Waals surface area contributed by atoms with Crippen LogP contribution >= 0.6 is 0 Å². The first-order chi connectivity index (χ1) is 6.09. The van der Waals surface area contributed by atoms with Crippen molar-refractivity contribution in [1.82, 2.24) is 0 Å². The van der Waals surface area contributed by atoms with Gasteiger partial charge in [-0.25, -0.2) is 0 Å². The second-order valence-electron chi connectivity index (χ2n) is 2.53. The molecule has 0 heterocycles. The molecule has 0 saturated heterocycles. The maximum atomic E-state index is 11.8. The van der Waals surface area contributed by atoms with Gasteiger partial charge in [-0.1, -0.05) is 6.58 Å². The van der Waals surface area contributed by atoms with Crippen molar-refractivity contribution in [3.8, 4) is 6.07 Å². The fraction of sp³-hybridized carbons (Fsp3) is 0.571. The lowest BCUT2D eigenvalue weighted by Crippen LogP contribution is -2.24. The molecule has 0 aliphatic rings. The number of allylic oxidation sites excluding steroid dienone is 1. The topological polar surface area (TPSA) is 23.8 Å². The molecule has 80 valence electrons. The standard InChI is InChI=1S/C7H5F6N/c1-4(6(8,9)10)2-5(3-14)7(11,12)13/h5H,1-2H2. The fourth-order valence-corrected chi connectivity index (χ4v) is 0.597. The van der Waals surface area contributed by atoms with E-state index in [0.717, 1.165) is 6.07 Å². The van der Waals surface area contributed by atoms with E-state index in [1.54, 1.807) is 0 Å². The minimum atomic E-state index is -4.96. The molecule has 7 heteroatoms. The molecule has 0 amide bonds. The summed E-state index contributed by atoms with van der Waals surface area (Å²) in [6.45, 7) is 2.45. The van der Waals surface area contributed by atoms with Gasteiger partial charge in [-0.3, -0.25) is 0 Å². The summed E-state index contributed by atoms with van der Waals surface area (Å²) in [6, 6.07) is 0.759. The Morgan fingerprint density at radius 3 is 1.86 bits per heavy atom. The molecule has 0 aromatic rings. The van der Waals surface area contributed by atoms with Crippen LogP contribution < -0.4 is 0 Å². The van der Waals surface area contributed by atoms with E-state index in [4.69, 9.17) is 5.26 Å². The predicted molar refractivity (Wildman–Crippen MR) is 35.0 cm³/mol. The summed E-state index contributed by atoms with van der Waals surface area (Å²) >= 11 is 0. The Morgan fingerprint density at radius 2 is 1.64 bits per heavy atom. The molecular weight excluding hydrogens is 212 g/mol. The molecule has 0 N–H and O–H groups in total. The Balaban J connectivity index is 4.53. The smallest absolute Gasteiger partial charge is 0.198 e. The van der Waals surface area contributed by atoms with Crippen molar-refractivity contribution in [2.24, 2.45) is 5.92 Å². The van der Waals surface area contributed by atoms with Crippen molar-refractivity contribution in [2.45, 2.75) is 18.8 Å². The summed E-state index contributed by atoms with van der Waals surface area (Å²) in [5, 5.41) is 8.00. The minimum absolute atomic E-state index is 0.759. The van der Waals surface area contributed by atoms with Gasteiger partial charge >= 0.3 is 12.4 Å². The number of alkyl halides is 6. The van der Waals surface area contributed by atoms with Crippen molar-refractivity contribution >= 4 is 0 Å². The molecule has 0 spiro atoms. The van der Waals surface area contributed by atoms with E-state index in [2.05, 4.69) is 6.58 Å². The van der Waals surface area contributed by atoms with E-state index < -0.39 is 30.3 Å². The summed E-state index contributed by atoms with van der Waals surface area (Å²) in [5.74, 6) is -2.66. The van der Waals surface area contributed by atoms with Gasteiger partial charge in [-0.05, 0) is 0 Å². The second kappa shape index (κ2) is 3.90. The monoisotopic (exact) mass is 217 g/mol. The van der Waals surface area contributed by atoms with E-state index in [1.807, 2.05) is 0 Å². The molecule has 1 unspecified atom stereocenters. The second-order valence-corrected chi connectivity index (χ2v) is 2.53. The highest BCUT2D eigenvalue weighted by Gasteiger charge is 2.44. The van der Waals surface area contributed by atoms with Crippen LogP contribution in [0.4, 0.5) is 26.3 Å². The molecular formula is C7H5F6N. The number of nitriles is 1. The summed E-state index contributed by atoms with van der Waals surface area (Å²) in [6.07, 6.45) is -11.3. The van der Waals surface area contributed by atoms with Crippen LogP contribution in [0.3, 0.4) is 0 Å². The average Bonchev–Trinajstić information content (AvgIpc) is 1.95. The van der Waals surface area contributed by atoms with Crippen molar-refractivity contribution < 1.29 is 26.3 Å². The number of nitrogens with zero attached hydrogens (tertiary/aromatic N) is 1. The Morgan fingerprint density at radius 1 is 1.21 bits per heavy atom. The van der Waals surface area contributed by atoms with E-state index in [1.165, 1.54) is 0 Å². The van der Waals surface area contributed by atoms with Gasteiger partial charge in [-0.15, -0.1) is 0 Å². The van der Waals surface area contributed by atoms with Gasteiger partial charge in [-0.2, -0.15) is 31.6 Å². The molecule has 0 saturated carbocycles. The van der Waals surface area contributed by atoms with Crippen LogP contribution in [-0.2, 0) is 0 Å². The van der Waals surface area contributed by atoms with Crippen LogP contribution in [0, 0.1) is 17.2 Å². The Kier molecular flexibility index (Phi) is 3.57. The molecule has 0 aromatic carbocycles. The van der Waals surface area contributed by atoms with E-state index in [9.17, 15) is 26.3 Å². The van der Waals surface area contributed by atoms with Gasteiger partial charge < -0.3 is 0 Å². The van der Waals surface area contributed by atoms with Gasteiger partial charge in [0, 0.05) is 12.0 Å². The number of halogens is 6. The molecule has 0 aromatic heterocycles. The lowest BCUT2D eigenvalue weighted by Gasteiger charge is -2.15. The summed E-state index contributed by atoms with van der Waals surface area (Å²) < 4.78 is 70.8. The molecule has 0 fully saturated rings. The maximum Gasteiger partial charge on any atom is 0.412 e. The van der Waals surface area contributed by atoms with Gasteiger partial charge in [0.2, 0.25) is 0 Å². The molecule has 0 aliphatic heterocycles. The Bertz CT molecular complexity index is 255. The quantitative estimate of drug-likeness (QED) is 0.514. The highest BCUT2D eigenvalue weighted by Crippen LogP contribution is 2.35. The zero-order valence-electron chi connectivity index (χ0n) is 6.71. The summed E-state index contributed by atoms with van der Waals surface area (Å²) in [5.41, 5.74) is -1.55. The van der Waals surface area contributed by atoms with Crippen LogP contribution in [0.2, 0.25) is 0 Å². The van der Waals surface area contributed by atoms with Crippen molar-refractivity contribution in [2.75, 3.05) is 0 Å². The average molecular weight is 217 g/mol. The maximum absolute atomic E-state index is 11.8. The third kappa shape index (κ3) is 3.68. The van der Waals surface area contributed by atoms with Gasteiger partial charge in [0.05, 0.1) is 6.07 Å². The van der Waals surface area contributed by atoms with Crippen LogP contribution in [-0.4, -0.2) is 12.4 Å². The molecule has 0 aliphatic carbocycles. The number of hydrogen-bond acceptors (Lipinski definition) is 1. The number of hydrogen-bond donors (Lipinski definition) is 0. The van der Waals surface area contributed by atoms with Crippen LogP contribution in [0.15, 0.2) is 12.2 Å². The lowest BCUT2D eigenvalue weighted by atomic mass is 10.0. The predicted octanol–water partition coefficient (Wildman–Crippen LogP) is 3.20. The van der Waals surface area contributed by atoms with E-state index in [-0.39, 0.29) is 0 Å². The number of rotatable bonds is 2. The molecule has 14 heavy (non-hydrogen) atoms. The normalized spacial score (nSPS) is 14.6. The summed E-state index contributed by atoms with van der Waals surface area (Å²) in [7, 11) is 0. The fourth-order valence-electron chi connectivity index (χ4n) is 0.597. The molecule has 1 atom stereocenters. The summed E-state index contributed by atoms with van der Waals surface area (Å²) in [4.78, 5) is 0. The van der Waals surface area contributed by atoms with Crippen molar-refractivity contribution in [1.29, 1.82) is 5.26 Å². The molecule has 0 bridgehead atoms. The van der Waals surface area contributed by atoms with Crippen LogP contribution in [0.5, 0.6) is 0 Å². The zero-order valence-corrected chi connectivity index (χ0v) is 6.71. The highest BCUT2D eigenvalue weighted by atomic mass is 19.4. The first-order valence-electron chi connectivity index (χ1n) is 3.30. The van der Waals surface area contributed by atoms with Crippen molar-refractivity contribution in [3.05, 3.63) is 12.2 Å². The lowest BCUT2D eigenvalue weighted by molar-refractivity contribution is -0.163. The minimum Gasteiger partial charge on any atom is -0.198 e. The van der Waals surface area contributed by atoms with E-state index >= 15 is 0 Å². The SMILES string of the molecule is C=C(CC(C#N)C(F)(F)F)C(F)(F)F. The zero-order chi connectivity index (χ0) is 11.6. The molecule has 0 rings (SSSR count). The van der Waals surface area contributed by atoms with Crippen LogP contribution in [0.25, 0.3) is 0 Å². The third-order valence-electron chi connectivity index (χ3n) is 1.40. The van der Waals surface area contributed by atoms with Gasteiger partial charge in [0.1, 0.15) is 5.92 Å². The van der Waals surface area contributed by atoms with Crippen molar-refractivity contribution in [3.63, 3.8) is 0 Å². The third-order valence-corrected chi connectivity index (χ3v) is 1.40. The highest BCUT2D eigenvalue weighted by molar-refractivity contribution is 5.08. The van der Waals surface area contributed by atoms with Gasteiger partial charge in [0.15, 0.2) is 0 Å². The first kappa shape index (κ1) is 12.8. The Hall–Kier alpha value is -1.19. The van der Waals surface area contributed by atoms with Crippen LogP contribution in [0.1, 0.15) is 6.42 Å². The first-order valence-corrected chi connectivity index (χ1v) is 3.30. The van der Waals surface area contributed by atoms with E-state index in [0.29, 0.717) is 0 Å². The molecule has 0 radical (unpaired) electrons.